The molecule has 1 aromatic heterocycles. The summed E-state index contributed by atoms with van der Waals surface area (Å²) in [7, 11) is 0. The molecule has 0 saturated carbocycles. The van der Waals surface area contributed by atoms with Crippen LogP contribution < -0.4 is 10.6 Å². The molecule has 2 heterocycles. The van der Waals surface area contributed by atoms with E-state index in [2.05, 4.69) is 14.9 Å². The summed E-state index contributed by atoms with van der Waals surface area (Å²) < 4.78 is 0. The highest BCUT2D eigenvalue weighted by Crippen LogP contribution is 2.15. The van der Waals surface area contributed by atoms with E-state index in [-0.39, 0.29) is 0 Å². The lowest BCUT2D eigenvalue weighted by Gasteiger charge is -2.13. The van der Waals surface area contributed by atoms with Crippen LogP contribution >= 0.6 is 0 Å². The van der Waals surface area contributed by atoms with Gasteiger partial charge in [0.25, 0.3) is 0 Å². The Bertz CT molecular complexity index is 268. The summed E-state index contributed by atoms with van der Waals surface area (Å²) in [5.41, 5.74) is 6.89. The first-order chi connectivity index (χ1) is 5.75. The van der Waals surface area contributed by atoms with Gasteiger partial charge >= 0.3 is 0 Å². The van der Waals surface area contributed by atoms with E-state index in [1.54, 1.807) is 0 Å². The Morgan fingerprint density at radius 1 is 1.75 bits per heavy atom. The zero-order valence-electron chi connectivity index (χ0n) is 7.25. The summed E-state index contributed by atoms with van der Waals surface area (Å²) in [6.07, 6.45) is 2.92. The second-order valence-corrected chi connectivity index (χ2v) is 3.38. The third kappa shape index (κ3) is 1.30. The van der Waals surface area contributed by atoms with Gasteiger partial charge in [-0.3, -0.25) is 0 Å². The van der Waals surface area contributed by atoms with Crippen molar-refractivity contribution in [3.8, 4) is 0 Å². The zero-order chi connectivity index (χ0) is 8.55. The predicted molar refractivity (Wildman–Crippen MR) is 48.1 cm³/mol. The minimum absolute atomic E-state index is 0.315. The number of anilines is 1. The van der Waals surface area contributed by atoms with Gasteiger partial charge in [-0.1, -0.05) is 0 Å². The lowest BCUT2D eigenvalue weighted by molar-refractivity contribution is 0.750. The van der Waals surface area contributed by atoms with Crippen molar-refractivity contribution in [3.05, 3.63) is 11.9 Å². The molecule has 1 aliphatic rings. The zero-order valence-corrected chi connectivity index (χ0v) is 7.25. The molecule has 0 aliphatic carbocycles. The van der Waals surface area contributed by atoms with Crippen molar-refractivity contribution in [1.29, 1.82) is 0 Å². The Morgan fingerprint density at radius 2 is 2.58 bits per heavy atom. The van der Waals surface area contributed by atoms with Gasteiger partial charge in [-0.05, 0) is 13.3 Å². The van der Waals surface area contributed by atoms with Gasteiger partial charge < -0.3 is 15.6 Å². The van der Waals surface area contributed by atoms with Gasteiger partial charge in [0.2, 0.25) is 5.95 Å². The van der Waals surface area contributed by atoms with Crippen molar-refractivity contribution in [3.63, 3.8) is 0 Å². The molecule has 12 heavy (non-hydrogen) atoms. The van der Waals surface area contributed by atoms with E-state index in [9.17, 15) is 0 Å². The van der Waals surface area contributed by atoms with Crippen LogP contribution in [0.15, 0.2) is 6.20 Å². The number of imidazole rings is 1. The van der Waals surface area contributed by atoms with Crippen molar-refractivity contribution in [2.45, 2.75) is 19.4 Å². The molecule has 3 N–H and O–H groups in total. The molecule has 1 atom stereocenters. The highest BCUT2D eigenvalue weighted by molar-refractivity contribution is 5.33. The van der Waals surface area contributed by atoms with Crippen LogP contribution in [0.5, 0.6) is 0 Å². The van der Waals surface area contributed by atoms with E-state index >= 15 is 0 Å². The number of aromatic nitrogens is 2. The van der Waals surface area contributed by atoms with Crippen LogP contribution in [0, 0.1) is 6.92 Å². The Balaban J connectivity index is 2.11. The standard InChI is InChI=1S/C8H14N4/c1-6-4-10-8(11-6)12-3-2-7(9)5-12/h4,7H,2-3,5,9H2,1H3,(H,10,11). The summed E-state index contributed by atoms with van der Waals surface area (Å²) >= 11 is 0. The number of aromatic amines is 1. The summed E-state index contributed by atoms with van der Waals surface area (Å²) in [4.78, 5) is 9.64. The molecular formula is C8H14N4. The number of nitrogens with two attached hydrogens (primary N) is 1. The second kappa shape index (κ2) is 2.79. The maximum Gasteiger partial charge on any atom is 0.203 e. The molecule has 1 aromatic rings. The van der Waals surface area contributed by atoms with Gasteiger partial charge in [0.05, 0.1) is 0 Å². The Hall–Kier alpha value is -1.03. The van der Waals surface area contributed by atoms with Crippen LogP contribution in [0.2, 0.25) is 0 Å². The number of nitrogens with zero attached hydrogens (tertiary/aromatic N) is 2. The van der Waals surface area contributed by atoms with Crippen LogP contribution in [-0.4, -0.2) is 29.1 Å². The molecule has 0 radical (unpaired) electrons. The molecule has 1 unspecified atom stereocenters. The lowest BCUT2D eigenvalue weighted by atomic mass is 10.3. The number of hydrogen-bond donors (Lipinski definition) is 2. The molecule has 1 aliphatic heterocycles. The second-order valence-electron chi connectivity index (χ2n) is 3.38. The van der Waals surface area contributed by atoms with Crippen LogP contribution in [0.1, 0.15) is 12.1 Å². The number of aryl methyl sites for hydroxylation is 1. The topological polar surface area (TPSA) is 57.9 Å². The molecular weight excluding hydrogens is 152 g/mol. The monoisotopic (exact) mass is 166 g/mol. The number of hydrogen-bond acceptors (Lipinski definition) is 3. The van der Waals surface area contributed by atoms with E-state index in [1.165, 1.54) is 0 Å². The van der Waals surface area contributed by atoms with Gasteiger partial charge in [0, 0.05) is 31.0 Å². The largest absolute Gasteiger partial charge is 0.341 e. The Kier molecular flexibility index (Phi) is 1.77. The first-order valence-electron chi connectivity index (χ1n) is 4.28. The van der Waals surface area contributed by atoms with E-state index in [4.69, 9.17) is 5.73 Å². The summed E-state index contributed by atoms with van der Waals surface area (Å²) in [5.74, 6) is 0.959. The molecule has 4 nitrogen and oxygen atoms in total. The van der Waals surface area contributed by atoms with Crippen LogP contribution in [-0.2, 0) is 0 Å². The average Bonchev–Trinajstić information content (AvgIpc) is 2.58. The third-order valence-corrected chi connectivity index (χ3v) is 2.21. The molecule has 1 fully saturated rings. The molecule has 0 aromatic carbocycles. The summed E-state index contributed by atoms with van der Waals surface area (Å²) in [6.45, 7) is 3.95. The normalized spacial score (nSPS) is 23.5. The summed E-state index contributed by atoms with van der Waals surface area (Å²) in [6, 6.07) is 0.315. The molecule has 0 bridgehead atoms. The minimum atomic E-state index is 0.315. The Labute approximate surface area is 71.8 Å². The van der Waals surface area contributed by atoms with Crippen molar-refractivity contribution in [2.24, 2.45) is 5.73 Å². The third-order valence-electron chi connectivity index (χ3n) is 2.21. The van der Waals surface area contributed by atoms with E-state index in [1.807, 2.05) is 13.1 Å². The van der Waals surface area contributed by atoms with Crippen molar-refractivity contribution in [2.75, 3.05) is 18.0 Å². The van der Waals surface area contributed by atoms with E-state index in [0.29, 0.717) is 6.04 Å². The van der Waals surface area contributed by atoms with Gasteiger partial charge in [0.1, 0.15) is 0 Å². The molecule has 4 heteroatoms. The highest BCUT2D eigenvalue weighted by atomic mass is 15.3. The molecule has 0 amide bonds. The van der Waals surface area contributed by atoms with Gasteiger partial charge in [0.15, 0.2) is 0 Å². The fourth-order valence-corrected chi connectivity index (χ4v) is 1.54. The van der Waals surface area contributed by atoms with Crippen molar-refractivity contribution >= 4 is 5.95 Å². The maximum absolute atomic E-state index is 5.79. The lowest BCUT2D eigenvalue weighted by Crippen LogP contribution is -2.26. The Morgan fingerprint density at radius 3 is 3.08 bits per heavy atom. The van der Waals surface area contributed by atoms with Crippen molar-refractivity contribution < 1.29 is 0 Å². The fourth-order valence-electron chi connectivity index (χ4n) is 1.54. The van der Waals surface area contributed by atoms with E-state index in [0.717, 1.165) is 31.2 Å². The highest BCUT2D eigenvalue weighted by Gasteiger charge is 2.20. The average molecular weight is 166 g/mol. The maximum atomic E-state index is 5.79. The predicted octanol–water partition coefficient (Wildman–Crippen LogP) is 0.256. The first kappa shape index (κ1) is 7.61. The first-order valence-corrected chi connectivity index (χ1v) is 4.28. The van der Waals surface area contributed by atoms with Crippen LogP contribution in [0.25, 0.3) is 0 Å². The number of rotatable bonds is 1. The van der Waals surface area contributed by atoms with Gasteiger partial charge in [-0.2, -0.15) is 0 Å². The smallest absolute Gasteiger partial charge is 0.203 e. The van der Waals surface area contributed by atoms with Crippen LogP contribution in [0.4, 0.5) is 5.95 Å². The number of nitrogens with one attached hydrogen (secondary N) is 1. The fraction of sp³-hybridized carbons (Fsp3) is 0.625. The van der Waals surface area contributed by atoms with Gasteiger partial charge in [-0.15, -0.1) is 0 Å². The molecule has 1 saturated heterocycles. The minimum Gasteiger partial charge on any atom is -0.341 e. The summed E-state index contributed by atoms with van der Waals surface area (Å²) in [5, 5.41) is 0. The molecule has 2 rings (SSSR count). The van der Waals surface area contributed by atoms with Crippen molar-refractivity contribution in [1.82, 2.24) is 9.97 Å². The molecule has 0 spiro atoms. The van der Waals surface area contributed by atoms with Gasteiger partial charge in [-0.25, -0.2) is 4.98 Å². The SMILES string of the molecule is Cc1cnc(N2CCC(N)C2)[nH]1. The quantitative estimate of drug-likeness (QED) is 0.629. The van der Waals surface area contributed by atoms with E-state index < -0.39 is 0 Å². The number of H-pyrrole nitrogens is 1. The molecule has 66 valence electrons. The van der Waals surface area contributed by atoms with Crippen LogP contribution in [0.3, 0.4) is 0 Å².